The highest BCUT2D eigenvalue weighted by molar-refractivity contribution is 5.98. The van der Waals surface area contributed by atoms with Gasteiger partial charge in [-0.05, 0) is 23.8 Å². The van der Waals surface area contributed by atoms with Crippen LogP contribution in [0.4, 0.5) is 0 Å². The fraction of sp³-hybridized carbons (Fsp3) is 0. The minimum Gasteiger partial charge on any atom is -0.267 e. The van der Waals surface area contributed by atoms with Gasteiger partial charge in [0.15, 0.2) is 0 Å². The third-order valence-electron chi connectivity index (χ3n) is 2.78. The number of aromatic nitrogens is 3. The second-order valence-corrected chi connectivity index (χ2v) is 4.07. The quantitative estimate of drug-likeness (QED) is 0.656. The van der Waals surface area contributed by atoms with Crippen LogP contribution in [0.1, 0.15) is 10.4 Å². The van der Waals surface area contributed by atoms with Crippen LogP contribution in [0, 0.1) is 0 Å². The van der Waals surface area contributed by atoms with Gasteiger partial charge in [-0.1, -0.05) is 47.7 Å². The number of carbonyl (C=O) groups excluding carboxylic acids is 1. The van der Waals surface area contributed by atoms with E-state index in [1.807, 2.05) is 54.6 Å². The largest absolute Gasteiger partial charge is 0.272 e. The first-order valence-electron chi connectivity index (χ1n) is 5.92. The van der Waals surface area contributed by atoms with Crippen LogP contribution in [0.15, 0.2) is 60.7 Å². The van der Waals surface area contributed by atoms with Crippen molar-refractivity contribution in [3.63, 3.8) is 0 Å². The number of fused-ring (bicyclic) bond motifs is 1. The van der Waals surface area contributed by atoms with Crippen molar-refractivity contribution in [3.05, 3.63) is 66.2 Å². The Balaban J connectivity index is 1.91. The maximum absolute atomic E-state index is 12.1. The maximum Gasteiger partial charge on any atom is 0.272 e. The van der Waals surface area contributed by atoms with E-state index in [9.17, 15) is 4.79 Å². The van der Waals surface area contributed by atoms with Gasteiger partial charge in [-0.15, -0.1) is 5.10 Å². The Labute approximate surface area is 110 Å². The predicted octanol–water partition coefficient (Wildman–Crippen LogP) is 2.78. The molecule has 0 amide bonds. The Kier molecular flexibility index (Phi) is 2.90. The molecule has 0 spiro atoms. The summed E-state index contributed by atoms with van der Waals surface area (Å²) in [5, 5.41) is 7.83. The highest BCUT2D eigenvalue weighted by atomic mass is 16.2. The Morgan fingerprint density at radius 1 is 1.00 bits per heavy atom. The van der Waals surface area contributed by atoms with Crippen LogP contribution in [-0.2, 0) is 0 Å². The van der Waals surface area contributed by atoms with E-state index in [1.54, 1.807) is 6.08 Å². The Bertz CT molecular complexity index is 744. The molecule has 4 nitrogen and oxygen atoms in total. The van der Waals surface area contributed by atoms with Crippen LogP contribution in [-0.4, -0.2) is 20.9 Å². The molecule has 2 aromatic carbocycles. The lowest BCUT2D eigenvalue weighted by molar-refractivity contribution is 0.0958. The molecule has 4 heteroatoms. The average molecular weight is 249 g/mol. The number of nitrogens with zero attached hydrogens (tertiary/aromatic N) is 3. The van der Waals surface area contributed by atoms with E-state index < -0.39 is 0 Å². The third kappa shape index (κ3) is 2.28. The first kappa shape index (κ1) is 11.3. The first-order chi connectivity index (χ1) is 9.34. The summed E-state index contributed by atoms with van der Waals surface area (Å²) in [6, 6.07) is 17.0. The fourth-order valence-corrected chi connectivity index (χ4v) is 1.83. The van der Waals surface area contributed by atoms with Crippen molar-refractivity contribution in [3.8, 4) is 0 Å². The molecule has 19 heavy (non-hydrogen) atoms. The van der Waals surface area contributed by atoms with Crippen molar-refractivity contribution in [2.24, 2.45) is 0 Å². The van der Waals surface area contributed by atoms with Crippen LogP contribution < -0.4 is 0 Å². The molecule has 0 unspecified atom stereocenters. The topological polar surface area (TPSA) is 47.8 Å². The smallest absolute Gasteiger partial charge is 0.267 e. The summed E-state index contributed by atoms with van der Waals surface area (Å²) in [6.07, 6.45) is 3.26. The summed E-state index contributed by atoms with van der Waals surface area (Å²) in [5.74, 6) is -0.211. The second-order valence-electron chi connectivity index (χ2n) is 4.07. The SMILES string of the molecule is O=C(/C=C/c1ccccc1)n1nnc2ccccc21. The van der Waals surface area contributed by atoms with Crippen molar-refractivity contribution in [2.75, 3.05) is 0 Å². The summed E-state index contributed by atoms with van der Waals surface area (Å²) in [5.41, 5.74) is 2.40. The van der Waals surface area contributed by atoms with Crippen LogP contribution in [0.3, 0.4) is 0 Å². The number of hydrogen-bond donors (Lipinski definition) is 0. The van der Waals surface area contributed by atoms with Crippen LogP contribution >= 0.6 is 0 Å². The molecule has 92 valence electrons. The normalized spacial score (nSPS) is 11.2. The molecule has 1 heterocycles. The molecule has 0 fully saturated rings. The van der Waals surface area contributed by atoms with Gasteiger partial charge in [-0.3, -0.25) is 4.79 Å². The standard InChI is InChI=1S/C15H11N3O/c19-15(11-10-12-6-2-1-3-7-12)18-14-9-5-4-8-13(14)16-17-18/h1-11H/b11-10+. The van der Waals surface area contributed by atoms with Crippen LogP contribution in [0.25, 0.3) is 17.1 Å². The summed E-state index contributed by atoms with van der Waals surface area (Å²) < 4.78 is 1.30. The van der Waals surface area contributed by atoms with Crippen molar-refractivity contribution in [1.82, 2.24) is 15.0 Å². The van der Waals surface area contributed by atoms with Gasteiger partial charge in [-0.25, -0.2) is 0 Å². The predicted molar refractivity (Wildman–Crippen MR) is 73.6 cm³/mol. The molecule has 0 aliphatic carbocycles. The van der Waals surface area contributed by atoms with Crippen molar-refractivity contribution >= 4 is 23.0 Å². The molecule has 0 atom stereocenters. The molecule has 0 radical (unpaired) electrons. The summed E-state index contributed by atoms with van der Waals surface area (Å²) in [4.78, 5) is 12.1. The summed E-state index contributed by atoms with van der Waals surface area (Å²) >= 11 is 0. The summed E-state index contributed by atoms with van der Waals surface area (Å²) in [7, 11) is 0. The third-order valence-corrected chi connectivity index (χ3v) is 2.78. The maximum atomic E-state index is 12.1. The molecule has 0 N–H and O–H groups in total. The van der Waals surface area contributed by atoms with Gasteiger partial charge in [0, 0.05) is 6.08 Å². The van der Waals surface area contributed by atoms with E-state index >= 15 is 0 Å². The molecular formula is C15H11N3O. The fourth-order valence-electron chi connectivity index (χ4n) is 1.83. The van der Waals surface area contributed by atoms with Crippen LogP contribution in [0.5, 0.6) is 0 Å². The number of para-hydroxylation sites is 1. The zero-order valence-electron chi connectivity index (χ0n) is 10.1. The van der Waals surface area contributed by atoms with Crippen LogP contribution in [0.2, 0.25) is 0 Å². The zero-order chi connectivity index (χ0) is 13.1. The molecule has 0 saturated heterocycles. The van der Waals surface area contributed by atoms with Crippen molar-refractivity contribution in [1.29, 1.82) is 0 Å². The lowest BCUT2D eigenvalue weighted by atomic mass is 10.2. The highest BCUT2D eigenvalue weighted by Crippen LogP contribution is 2.10. The van der Waals surface area contributed by atoms with Crippen molar-refractivity contribution < 1.29 is 4.79 Å². The molecule has 3 rings (SSSR count). The number of carbonyl (C=O) groups is 1. The summed E-state index contributed by atoms with van der Waals surface area (Å²) in [6.45, 7) is 0. The van der Waals surface area contributed by atoms with Gasteiger partial charge in [0.1, 0.15) is 5.52 Å². The van der Waals surface area contributed by atoms with Crippen molar-refractivity contribution in [2.45, 2.75) is 0 Å². The lowest BCUT2D eigenvalue weighted by Crippen LogP contribution is -2.08. The Morgan fingerprint density at radius 3 is 2.58 bits per heavy atom. The Hall–Kier alpha value is -2.75. The monoisotopic (exact) mass is 249 g/mol. The molecular weight excluding hydrogens is 238 g/mol. The molecule has 0 bridgehead atoms. The Morgan fingerprint density at radius 2 is 1.74 bits per heavy atom. The van der Waals surface area contributed by atoms with E-state index in [0.29, 0.717) is 11.0 Å². The minimum atomic E-state index is -0.211. The number of hydrogen-bond acceptors (Lipinski definition) is 3. The second kappa shape index (κ2) is 4.86. The van der Waals surface area contributed by atoms with Gasteiger partial charge in [0.25, 0.3) is 5.91 Å². The molecule has 0 aliphatic rings. The molecule has 0 saturated carbocycles. The average Bonchev–Trinajstić information content (AvgIpc) is 2.90. The van der Waals surface area contributed by atoms with E-state index in [2.05, 4.69) is 10.3 Å². The van der Waals surface area contributed by atoms with E-state index in [4.69, 9.17) is 0 Å². The van der Waals surface area contributed by atoms with Gasteiger partial charge < -0.3 is 0 Å². The highest BCUT2D eigenvalue weighted by Gasteiger charge is 2.07. The molecule has 0 aliphatic heterocycles. The van der Waals surface area contributed by atoms with Gasteiger partial charge in [0.2, 0.25) is 0 Å². The minimum absolute atomic E-state index is 0.211. The van der Waals surface area contributed by atoms with Gasteiger partial charge in [-0.2, -0.15) is 4.68 Å². The number of rotatable bonds is 2. The zero-order valence-corrected chi connectivity index (χ0v) is 10.1. The van der Waals surface area contributed by atoms with E-state index in [-0.39, 0.29) is 5.91 Å². The number of allylic oxidation sites excluding steroid dienone is 1. The van der Waals surface area contributed by atoms with E-state index in [0.717, 1.165) is 5.56 Å². The molecule has 1 aromatic heterocycles. The van der Waals surface area contributed by atoms with E-state index in [1.165, 1.54) is 10.8 Å². The molecule has 3 aromatic rings. The number of benzene rings is 2. The first-order valence-corrected chi connectivity index (χ1v) is 5.92. The van der Waals surface area contributed by atoms with Gasteiger partial charge in [0.05, 0.1) is 5.52 Å². The lowest BCUT2D eigenvalue weighted by Gasteiger charge is -1.95. The van der Waals surface area contributed by atoms with Gasteiger partial charge >= 0.3 is 0 Å².